The van der Waals surface area contributed by atoms with Crippen LogP contribution in [0.5, 0.6) is 0 Å². The number of carbonyl (C=O) groups excluding carboxylic acids is 1. The monoisotopic (exact) mass is 406 g/mol. The number of esters is 1. The first kappa shape index (κ1) is 19.8. The van der Waals surface area contributed by atoms with Crippen LogP contribution in [0.2, 0.25) is 0 Å². The van der Waals surface area contributed by atoms with Crippen LogP contribution in [0, 0.1) is 12.7 Å². The largest absolute Gasteiger partial charge is 0.465 e. The van der Waals surface area contributed by atoms with Crippen LogP contribution in [0.4, 0.5) is 15.1 Å². The number of anilines is 2. The molecule has 0 saturated heterocycles. The van der Waals surface area contributed by atoms with Crippen molar-refractivity contribution in [2.75, 3.05) is 17.7 Å². The van der Waals surface area contributed by atoms with E-state index in [0.717, 1.165) is 36.8 Å². The molecule has 1 aliphatic carbocycles. The lowest BCUT2D eigenvalue weighted by Gasteiger charge is -2.12. The zero-order valence-corrected chi connectivity index (χ0v) is 17.1. The number of hydrogen-bond acceptors (Lipinski definition) is 4. The molecule has 3 rings (SSSR count). The van der Waals surface area contributed by atoms with Gasteiger partial charge in [-0.05, 0) is 68.1 Å². The number of fused-ring (bicyclic) bond motifs is 1. The van der Waals surface area contributed by atoms with Gasteiger partial charge >= 0.3 is 5.97 Å². The molecule has 0 unspecified atom stereocenters. The minimum atomic E-state index is -0.378. The predicted octanol–water partition coefficient (Wildman–Crippen LogP) is 5.45. The highest BCUT2D eigenvalue weighted by atomic mass is 32.1. The van der Waals surface area contributed by atoms with Crippen molar-refractivity contribution in [3.05, 3.63) is 45.6 Å². The van der Waals surface area contributed by atoms with E-state index in [1.807, 2.05) is 6.92 Å². The first-order valence-electron chi connectivity index (χ1n) is 9.06. The maximum absolute atomic E-state index is 14.0. The normalized spacial score (nSPS) is 13.9. The molecule has 0 atom stereocenters. The summed E-state index contributed by atoms with van der Waals surface area (Å²) >= 11 is 6.90. The highest BCUT2D eigenvalue weighted by Gasteiger charge is 2.25. The number of halogens is 1. The number of hydrogen-bond donors (Lipinski definition) is 2. The third kappa shape index (κ3) is 4.65. The maximum Gasteiger partial charge on any atom is 0.341 e. The SMILES string of the molecule is COC(=O)c1c(NC(=S)Nc2cc(C)ccc2F)sc2c1CCCCCC2. The Balaban J connectivity index is 1.86. The lowest BCUT2D eigenvalue weighted by Crippen LogP contribution is -2.21. The minimum Gasteiger partial charge on any atom is -0.465 e. The molecule has 1 aromatic carbocycles. The second-order valence-electron chi connectivity index (χ2n) is 6.68. The molecule has 1 heterocycles. The molecule has 1 aromatic heterocycles. The molecule has 27 heavy (non-hydrogen) atoms. The summed E-state index contributed by atoms with van der Waals surface area (Å²) < 4.78 is 19.0. The molecule has 0 radical (unpaired) electrons. The second kappa shape index (κ2) is 8.80. The van der Waals surface area contributed by atoms with Crippen LogP contribution in [-0.4, -0.2) is 18.2 Å². The Hall–Kier alpha value is -1.99. The third-order valence-electron chi connectivity index (χ3n) is 4.66. The fraction of sp³-hybridized carbons (Fsp3) is 0.400. The van der Waals surface area contributed by atoms with Gasteiger partial charge in [0.15, 0.2) is 5.11 Å². The number of benzene rings is 1. The molecule has 0 aliphatic heterocycles. The van der Waals surface area contributed by atoms with E-state index in [4.69, 9.17) is 17.0 Å². The third-order valence-corrected chi connectivity index (χ3v) is 6.07. The van der Waals surface area contributed by atoms with Crippen LogP contribution in [0.25, 0.3) is 0 Å². The number of rotatable bonds is 3. The second-order valence-corrected chi connectivity index (χ2v) is 8.19. The van der Waals surface area contributed by atoms with E-state index < -0.39 is 0 Å². The fourth-order valence-electron chi connectivity index (χ4n) is 3.32. The topological polar surface area (TPSA) is 50.4 Å². The highest BCUT2D eigenvalue weighted by Crippen LogP contribution is 2.37. The van der Waals surface area contributed by atoms with E-state index in [-0.39, 0.29) is 16.9 Å². The maximum atomic E-state index is 14.0. The Labute approximate surface area is 168 Å². The summed E-state index contributed by atoms with van der Waals surface area (Å²) in [6.07, 6.45) is 6.38. The van der Waals surface area contributed by atoms with Gasteiger partial charge < -0.3 is 15.4 Å². The molecule has 4 nitrogen and oxygen atoms in total. The molecule has 0 bridgehead atoms. The van der Waals surface area contributed by atoms with Gasteiger partial charge in [0.05, 0.1) is 18.4 Å². The summed E-state index contributed by atoms with van der Waals surface area (Å²) in [7, 11) is 1.39. The molecule has 0 spiro atoms. The van der Waals surface area contributed by atoms with Gasteiger partial charge in [-0.2, -0.15) is 0 Å². The van der Waals surface area contributed by atoms with Gasteiger partial charge in [-0.1, -0.05) is 18.9 Å². The highest BCUT2D eigenvalue weighted by molar-refractivity contribution is 7.80. The number of ether oxygens (including phenoxy) is 1. The molecular formula is C20H23FN2O2S2. The van der Waals surface area contributed by atoms with Gasteiger partial charge in [-0.25, -0.2) is 9.18 Å². The lowest BCUT2D eigenvalue weighted by atomic mass is 9.96. The average Bonchev–Trinajstić information content (AvgIpc) is 2.93. The van der Waals surface area contributed by atoms with Gasteiger partial charge in [0, 0.05) is 4.88 Å². The molecule has 2 N–H and O–H groups in total. The molecule has 1 aliphatic rings. The van der Waals surface area contributed by atoms with E-state index in [9.17, 15) is 9.18 Å². The van der Waals surface area contributed by atoms with E-state index in [1.165, 1.54) is 30.9 Å². The molecule has 0 amide bonds. The van der Waals surface area contributed by atoms with Crippen LogP contribution >= 0.6 is 23.6 Å². The summed E-state index contributed by atoms with van der Waals surface area (Å²) in [4.78, 5) is 13.6. The van der Waals surface area contributed by atoms with E-state index in [1.54, 1.807) is 23.5 Å². The molecule has 144 valence electrons. The number of methoxy groups -OCH3 is 1. The van der Waals surface area contributed by atoms with Gasteiger partial charge in [-0.15, -0.1) is 11.3 Å². The van der Waals surface area contributed by atoms with Gasteiger partial charge in [0.1, 0.15) is 10.8 Å². The molecular weight excluding hydrogens is 383 g/mol. The number of nitrogens with one attached hydrogen (secondary N) is 2. The zero-order valence-electron chi connectivity index (χ0n) is 15.5. The van der Waals surface area contributed by atoms with Crippen molar-refractivity contribution in [1.82, 2.24) is 0 Å². The minimum absolute atomic E-state index is 0.249. The standard InChI is InChI=1S/C20H23FN2O2S2/c1-12-9-10-14(21)15(11-12)22-20(26)23-18-17(19(24)25-2)13-7-5-3-4-6-8-16(13)27-18/h9-11H,3-8H2,1-2H3,(H2,22,23,26). The van der Waals surface area contributed by atoms with Gasteiger partial charge in [-0.3, -0.25) is 0 Å². The zero-order chi connectivity index (χ0) is 19.4. The van der Waals surface area contributed by atoms with Crippen molar-refractivity contribution >= 4 is 45.3 Å². The Morgan fingerprint density at radius 1 is 1.19 bits per heavy atom. The fourth-order valence-corrected chi connectivity index (χ4v) is 4.88. The predicted molar refractivity (Wildman–Crippen MR) is 113 cm³/mol. The number of thiocarbonyl (C=S) groups is 1. The summed E-state index contributed by atoms with van der Waals surface area (Å²) in [6.45, 7) is 1.88. The van der Waals surface area contributed by atoms with Crippen molar-refractivity contribution in [2.24, 2.45) is 0 Å². The Morgan fingerprint density at radius 3 is 2.67 bits per heavy atom. The van der Waals surface area contributed by atoms with Crippen molar-refractivity contribution < 1.29 is 13.9 Å². The molecule has 0 saturated carbocycles. The van der Waals surface area contributed by atoms with Crippen LogP contribution in [0.1, 0.15) is 52.0 Å². The van der Waals surface area contributed by atoms with Crippen LogP contribution < -0.4 is 10.6 Å². The van der Waals surface area contributed by atoms with E-state index in [2.05, 4.69) is 10.6 Å². The Kier molecular flexibility index (Phi) is 6.44. The molecule has 2 aromatic rings. The molecule has 0 fully saturated rings. The van der Waals surface area contributed by atoms with Crippen LogP contribution in [-0.2, 0) is 17.6 Å². The first-order valence-corrected chi connectivity index (χ1v) is 10.3. The lowest BCUT2D eigenvalue weighted by molar-refractivity contribution is 0.0601. The van der Waals surface area contributed by atoms with E-state index >= 15 is 0 Å². The number of aryl methyl sites for hydroxylation is 2. The quantitative estimate of drug-likeness (QED) is 0.524. The summed E-state index contributed by atoms with van der Waals surface area (Å²) in [5.41, 5.74) is 2.87. The van der Waals surface area contributed by atoms with Crippen LogP contribution in [0.3, 0.4) is 0 Å². The first-order chi connectivity index (χ1) is 13.0. The number of carbonyl (C=O) groups is 1. The van der Waals surface area contributed by atoms with Crippen molar-refractivity contribution in [3.63, 3.8) is 0 Å². The number of thiophene rings is 1. The Bertz CT molecular complexity index is 864. The Morgan fingerprint density at radius 2 is 1.93 bits per heavy atom. The average molecular weight is 407 g/mol. The van der Waals surface area contributed by atoms with E-state index in [0.29, 0.717) is 16.3 Å². The van der Waals surface area contributed by atoms with Crippen molar-refractivity contribution in [3.8, 4) is 0 Å². The summed E-state index contributed by atoms with van der Waals surface area (Å²) in [6, 6.07) is 4.79. The smallest absolute Gasteiger partial charge is 0.341 e. The van der Waals surface area contributed by atoms with Gasteiger partial charge in [0.2, 0.25) is 0 Å². The summed E-state index contributed by atoms with van der Waals surface area (Å²) in [5, 5.41) is 6.89. The molecule has 7 heteroatoms. The summed E-state index contributed by atoms with van der Waals surface area (Å²) in [5.74, 6) is -0.739. The van der Waals surface area contributed by atoms with Crippen LogP contribution in [0.15, 0.2) is 18.2 Å². The van der Waals surface area contributed by atoms with Crippen molar-refractivity contribution in [1.29, 1.82) is 0 Å². The van der Waals surface area contributed by atoms with Gasteiger partial charge in [0.25, 0.3) is 0 Å². The van der Waals surface area contributed by atoms with Crippen molar-refractivity contribution in [2.45, 2.75) is 45.4 Å².